The molecule has 1 amide bonds. The quantitative estimate of drug-likeness (QED) is 0.764. The monoisotopic (exact) mass is 386 g/mol. The molecule has 0 radical (unpaired) electrons. The third-order valence-corrected chi connectivity index (χ3v) is 6.02. The van der Waals surface area contributed by atoms with Crippen molar-refractivity contribution in [3.63, 3.8) is 0 Å². The first-order valence-electron chi connectivity index (χ1n) is 9.28. The van der Waals surface area contributed by atoms with Gasteiger partial charge in [-0.1, -0.05) is 54.9 Å². The van der Waals surface area contributed by atoms with E-state index in [4.69, 9.17) is 11.6 Å². The number of hydrogen-bond acceptors (Lipinski definition) is 3. The Bertz CT molecular complexity index is 809. The minimum absolute atomic E-state index is 0.0332. The Morgan fingerprint density at radius 2 is 2.00 bits per heavy atom. The van der Waals surface area contributed by atoms with E-state index in [1.165, 1.54) is 5.56 Å². The molecular formula is C22H27ClN2O2. The van der Waals surface area contributed by atoms with Crippen LogP contribution in [0.25, 0.3) is 0 Å². The largest absolute Gasteiger partial charge is 0.506 e. The van der Waals surface area contributed by atoms with Crippen LogP contribution >= 0.6 is 11.6 Å². The van der Waals surface area contributed by atoms with Gasteiger partial charge < -0.3 is 15.3 Å². The number of benzene rings is 2. The SMILES string of the molecule is CN(C)C(CNC(=O)[C@@H]1C[C@@]1(C)c1ccccc1)Cc1ccc(O)c(Cl)c1. The van der Waals surface area contributed by atoms with E-state index >= 15 is 0 Å². The summed E-state index contributed by atoms with van der Waals surface area (Å²) in [6, 6.07) is 15.7. The molecule has 0 bridgehead atoms. The van der Waals surface area contributed by atoms with Gasteiger partial charge in [0.1, 0.15) is 5.75 Å². The van der Waals surface area contributed by atoms with E-state index in [1.807, 2.05) is 38.4 Å². The van der Waals surface area contributed by atoms with E-state index in [2.05, 4.69) is 29.3 Å². The number of nitrogens with one attached hydrogen (secondary N) is 1. The standard InChI is InChI=1S/C22H27ClN2O2/c1-22(16-7-5-4-6-8-16)13-18(22)21(27)24-14-17(25(2)3)11-15-9-10-20(26)19(23)12-15/h4-10,12,17-18,26H,11,13-14H2,1-3H3,(H,24,27)/t17?,18-,22-/m0/s1. The van der Waals surface area contributed by atoms with Gasteiger partial charge in [-0.05, 0) is 50.2 Å². The molecule has 2 aromatic rings. The zero-order valence-corrected chi connectivity index (χ0v) is 16.8. The van der Waals surface area contributed by atoms with Crippen molar-refractivity contribution in [3.8, 4) is 5.75 Å². The van der Waals surface area contributed by atoms with E-state index in [0.29, 0.717) is 11.6 Å². The lowest BCUT2D eigenvalue weighted by Crippen LogP contribution is -2.42. The zero-order valence-electron chi connectivity index (χ0n) is 16.1. The van der Waals surface area contributed by atoms with Crippen molar-refractivity contribution in [2.24, 2.45) is 5.92 Å². The van der Waals surface area contributed by atoms with Crippen molar-refractivity contribution in [2.75, 3.05) is 20.6 Å². The first kappa shape index (κ1) is 19.7. The van der Waals surface area contributed by atoms with E-state index in [0.717, 1.165) is 18.4 Å². The minimum atomic E-state index is -0.0521. The second kappa shape index (κ2) is 7.91. The van der Waals surface area contributed by atoms with Gasteiger partial charge >= 0.3 is 0 Å². The van der Waals surface area contributed by atoms with Crippen LogP contribution in [0.4, 0.5) is 0 Å². The average Bonchev–Trinajstić information content (AvgIpc) is 3.35. The van der Waals surface area contributed by atoms with Crippen molar-refractivity contribution in [1.82, 2.24) is 10.2 Å². The van der Waals surface area contributed by atoms with Crippen LogP contribution in [0.2, 0.25) is 5.02 Å². The predicted octanol–water partition coefficient (Wildman–Crippen LogP) is 3.61. The third kappa shape index (κ3) is 4.45. The molecule has 0 saturated heterocycles. The lowest BCUT2D eigenvalue weighted by Gasteiger charge is -2.25. The maximum atomic E-state index is 12.7. The summed E-state index contributed by atoms with van der Waals surface area (Å²) in [5.41, 5.74) is 2.21. The Labute approximate surface area is 166 Å². The molecule has 1 fully saturated rings. The number of amides is 1. The van der Waals surface area contributed by atoms with E-state index in [1.54, 1.807) is 12.1 Å². The smallest absolute Gasteiger partial charge is 0.224 e. The number of carbonyl (C=O) groups is 1. The summed E-state index contributed by atoms with van der Waals surface area (Å²) in [6.45, 7) is 2.74. The Balaban J connectivity index is 1.58. The lowest BCUT2D eigenvalue weighted by molar-refractivity contribution is -0.122. The van der Waals surface area contributed by atoms with Crippen LogP contribution < -0.4 is 5.32 Å². The Hall–Kier alpha value is -2.04. The lowest BCUT2D eigenvalue weighted by atomic mass is 9.95. The van der Waals surface area contributed by atoms with Crippen molar-refractivity contribution in [3.05, 3.63) is 64.7 Å². The predicted molar refractivity (Wildman–Crippen MR) is 109 cm³/mol. The van der Waals surface area contributed by atoms with E-state index in [-0.39, 0.29) is 29.0 Å². The molecule has 1 saturated carbocycles. The van der Waals surface area contributed by atoms with E-state index < -0.39 is 0 Å². The van der Waals surface area contributed by atoms with Crippen molar-refractivity contribution >= 4 is 17.5 Å². The fourth-order valence-electron chi connectivity index (χ4n) is 3.61. The molecule has 0 heterocycles. The van der Waals surface area contributed by atoms with Crippen LogP contribution in [0.15, 0.2) is 48.5 Å². The molecule has 144 valence electrons. The average molecular weight is 387 g/mol. The summed E-state index contributed by atoms with van der Waals surface area (Å²) in [4.78, 5) is 14.8. The van der Waals surface area contributed by atoms with Gasteiger partial charge in [-0.2, -0.15) is 0 Å². The maximum absolute atomic E-state index is 12.7. The number of halogens is 1. The third-order valence-electron chi connectivity index (χ3n) is 5.71. The molecule has 3 rings (SSSR count). The molecule has 1 aliphatic rings. The zero-order chi connectivity index (χ0) is 19.6. The molecule has 0 spiro atoms. The van der Waals surface area contributed by atoms with Gasteiger partial charge in [0.15, 0.2) is 0 Å². The van der Waals surface area contributed by atoms with Crippen LogP contribution in [0, 0.1) is 5.92 Å². The topological polar surface area (TPSA) is 52.6 Å². The molecular weight excluding hydrogens is 360 g/mol. The van der Waals surface area contributed by atoms with Crippen molar-refractivity contribution in [2.45, 2.75) is 31.2 Å². The number of carbonyl (C=O) groups excluding carboxylic acids is 1. The normalized spacial score (nSPS) is 22.5. The van der Waals surface area contributed by atoms with Crippen LogP contribution in [0.3, 0.4) is 0 Å². The number of rotatable bonds is 7. The van der Waals surface area contributed by atoms with Gasteiger partial charge in [0.2, 0.25) is 5.91 Å². The highest BCUT2D eigenvalue weighted by molar-refractivity contribution is 6.32. The Kier molecular flexibility index (Phi) is 5.78. The fraction of sp³-hybridized carbons (Fsp3) is 0.409. The summed E-state index contributed by atoms with van der Waals surface area (Å²) in [5, 5.41) is 13.1. The molecule has 4 nitrogen and oxygen atoms in total. The second-order valence-corrected chi connectivity index (χ2v) is 8.30. The van der Waals surface area contributed by atoms with E-state index in [9.17, 15) is 9.90 Å². The maximum Gasteiger partial charge on any atom is 0.224 e. The number of phenolic OH excluding ortho intramolecular Hbond substituents is 1. The van der Waals surface area contributed by atoms with Gasteiger partial charge in [0, 0.05) is 23.9 Å². The number of hydrogen-bond donors (Lipinski definition) is 2. The Morgan fingerprint density at radius 1 is 1.30 bits per heavy atom. The fourth-order valence-corrected chi connectivity index (χ4v) is 3.82. The molecule has 5 heteroatoms. The number of phenols is 1. The summed E-state index contributed by atoms with van der Waals surface area (Å²) in [7, 11) is 4.01. The summed E-state index contributed by atoms with van der Waals surface area (Å²) >= 11 is 6.01. The highest BCUT2D eigenvalue weighted by atomic mass is 35.5. The van der Waals surface area contributed by atoms with Crippen LogP contribution in [0.5, 0.6) is 5.75 Å². The van der Waals surface area contributed by atoms with Crippen molar-refractivity contribution < 1.29 is 9.90 Å². The summed E-state index contributed by atoms with van der Waals surface area (Å²) in [5.74, 6) is 0.242. The van der Waals surface area contributed by atoms with Gasteiger partial charge in [0.25, 0.3) is 0 Å². The van der Waals surface area contributed by atoms with Crippen LogP contribution in [-0.2, 0) is 16.6 Å². The van der Waals surface area contributed by atoms with Gasteiger partial charge in [-0.3, -0.25) is 4.79 Å². The molecule has 1 aliphatic carbocycles. The number of aromatic hydroxyl groups is 1. The molecule has 1 unspecified atom stereocenters. The van der Waals surface area contributed by atoms with Crippen LogP contribution in [0.1, 0.15) is 24.5 Å². The first-order chi connectivity index (χ1) is 12.8. The molecule has 27 heavy (non-hydrogen) atoms. The molecule has 2 N–H and O–H groups in total. The second-order valence-electron chi connectivity index (χ2n) is 7.89. The van der Waals surface area contributed by atoms with Crippen molar-refractivity contribution in [1.29, 1.82) is 0 Å². The van der Waals surface area contributed by atoms with Crippen LogP contribution in [-0.4, -0.2) is 42.6 Å². The highest BCUT2D eigenvalue weighted by Gasteiger charge is 2.55. The van der Waals surface area contributed by atoms with Gasteiger partial charge in [0.05, 0.1) is 5.02 Å². The highest BCUT2D eigenvalue weighted by Crippen LogP contribution is 2.53. The Morgan fingerprint density at radius 3 is 2.63 bits per heavy atom. The minimum Gasteiger partial charge on any atom is -0.506 e. The number of nitrogens with zero attached hydrogens (tertiary/aromatic N) is 1. The summed E-state index contributed by atoms with van der Waals surface area (Å²) in [6.07, 6.45) is 1.64. The molecule has 3 atom stereocenters. The summed E-state index contributed by atoms with van der Waals surface area (Å²) < 4.78 is 0. The van der Waals surface area contributed by atoms with Gasteiger partial charge in [-0.25, -0.2) is 0 Å². The molecule has 0 aliphatic heterocycles. The molecule has 0 aromatic heterocycles. The number of likely N-dealkylation sites (N-methyl/N-ethyl adjacent to an activating group) is 1. The first-order valence-corrected chi connectivity index (χ1v) is 9.66. The molecule has 2 aromatic carbocycles. The van der Waals surface area contributed by atoms with Gasteiger partial charge in [-0.15, -0.1) is 0 Å².